The molecule has 0 spiro atoms. The molecule has 0 atom stereocenters. The summed E-state index contributed by atoms with van der Waals surface area (Å²) < 4.78 is 5.26. The number of hydrogen-bond donors (Lipinski definition) is 2. The van der Waals surface area contributed by atoms with Crippen LogP contribution in [-0.4, -0.2) is 12.5 Å². The fourth-order valence-electron chi connectivity index (χ4n) is 0.850. The fraction of sp³-hybridized carbons (Fsp3) is 0.222. The highest BCUT2D eigenvalue weighted by Crippen LogP contribution is 2.07. The van der Waals surface area contributed by atoms with E-state index in [-0.39, 0.29) is 24.7 Å². The van der Waals surface area contributed by atoms with Crippen LogP contribution in [0.15, 0.2) is 30.3 Å². The molecule has 0 fully saturated rings. The van der Waals surface area contributed by atoms with Crippen molar-refractivity contribution in [3.05, 3.63) is 30.3 Å². The Kier molecular flexibility index (Phi) is 6.53. The summed E-state index contributed by atoms with van der Waals surface area (Å²) in [6.07, 6.45) is 0.269. The third-order valence-corrected chi connectivity index (χ3v) is 1.50. The average Bonchev–Trinajstić information content (AvgIpc) is 2.19. The molecule has 0 aliphatic heterocycles. The molecule has 4 nitrogen and oxygen atoms in total. The molecule has 0 saturated carbocycles. The number of amides is 1. The van der Waals surface area contributed by atoms with E-state index in [4.69, 9.17) is 10.6 Å². The van der Waals surface area contributed by atoms with E-state index in [0.717, 1.165) is 5.75 Å². The summed E-state index contributed by atoms with van der Waals surface area (Å²) in [7, 11) is 0. The van der Waals surface area contributed by atoms with E-state index in [2.05, 4.69) is 0 Å². The van der Waals surface area contributed by atoms with Gasteiger partial charge in [-0.25, -0.2) is 5.84 Å². The lowest BCUT2D eigenvalue weighted by atomic mass is 10.3. The van der Waals surface area contributed by atoms with Crippen molar-refractivity contribution in [1.82, 2.24) is 5.43 Å². The highest BCUT2D eigenvalue weighted by molar-refractivity contribution is 5.85. The van der Waals surface area contributed by atoms with E-state index in [1.54, 1.807) is 0 Å². The molecule has 0 aromatic heterocycles. The topological polar surface area (TPSA) is 64.3 Å². The number of nitrogens with one attached hydrogen (secondary N) is 1. The van der Waals surface area contributed by atoms with Crippen LogP contribution in [0.5, 0.6) is 5.75 Å². The largest absolute Gasteiger partial charge is 0.493 e. The quantitative estimate of drug-likeness (QED) is 0.446. The Morgan fingerprint density at radius 3 is 2.57 bits per heavy atom. The molecule has 78 valence electrons. The SMILES string of the molecule is Cl.NNC(=O)CCOc1ccccc1. The van der Waals surface area contributed by atoms with Gasteiger partial charge in [0.15, 0.2) is 0 Å². The molecule has 0 aliphatic carbocycles. The molecular weight excluding hydrogens is 204 g/mol. The Hall–Kier alpha value is -1.26. The average molecular weight is 217 g/mol. The first-order chi connectivity index (χ1) is 6.33. The zero-order valence-corrected chi connectivity index (χ0v) is 8.42. The van der Waals surface area contributed by atoms with E-state index in [1.165, 1.54) is 0 Å². The van der Waals surface area contributed by atoms with Crippen molar-refractivity contribution in [2.24, 2.45) is 5.84 Å². The van der Waals surface area contributed by atoms with Crippen LogP contribution in [0.1, 0.15) is 6.42 Å². The summed E-state index contributed by atoms with van der Waals surface area (Å²) in [6, 6.07) is 9.32. The van der Waals surface area contributed by atoms with Crippen LogP contribution >= 0.6 is 12.4 Å². The van der Waals surface area contributed by atoms with Crippen LogP contribution in [-0.2, 0) is 4.79 Å². The Morgan fingerprint density at radius 1 is 1.36 bits per heavy atom. The predicted molar refractivity (Wildman–Crippen MR) is 56.1 cm³/mol. The molecule has 5 heteroatoms. The minimum atomic E-state index is -0.226. The molecule has 3 N–H and O–H groups in total. The molecule has 1 aromatic carbocycles. The number of carbonyl (C=O) groups is 1. The third kappa shape index (κ3) is 4.69. The van der Waals surface area contributed by atoms with Crippen molar-refractivity contribution in [2.45, 2.75) is 6.42 Å². The molecule has 0 bridgehead atoms. The smallest absolute Gasteiger partial charge is 0.237 e. The number of para-hydroxylation sites is 1. The van der Waals surface area contributed by atoms with Crippen LogP contribution in [0.3, 0.4) is 0 Å². The molecule has 0 unspecified atom stereocenters. The number of carbonyl (C=O) groups excluding carboxylic acids is 1. The van der Waals surface area contributed by atoms with Gasteiger partial charge in [-0.2, -0.15) is 0 Å². The highest BCUT2D eigenvalue weighted by Gasteiger charge is 1.97. The zero-order chi connectivity index (χ0) is 9.52. The van der Waals surface area contributed by atoms with E-state index >= 15 is 0 Å². The lowest BCUT2D eigenvalue weighted by molar-refractivity contribution is -0.121. The van der Waals surface area contributed by atoms with Crippen LogP contribution in [0.2, 0.25) is 0 Å². The van der Waals surface area contributed by atoms with Gasteiger partial charge in [-0.1, -0.05) is 18.2 Å². The van der Waals surface area contributed by atoms with E-state index in [0.29, 0.717) is 6.61 Å². The van der Waals surface area contributed by atoms with Crippen LogP contribution in [0.4, 0.5) is 0 Å². The van der Waals surface area contributed by atoms with Gasteiger partial charge in [0.25, 0.3) is 0 Å². The second-order valence-corrected chi connectivity index (χ2v) is 2.48. The Labute approximate surface area is 88.8 Å². The molecule has 1 amide bonds. The van der Waals surface area contributed by atoms with Gasteiger partial charge in [-0.3, -0.25) is 10.2 Å². The number of nitrogens with two attached hydrogens (primary N) is 1. The fourth-order valence-corrected chi connectivity index (χ4v) is 0.850. The second-order valence-electron chi connectivity index (χ2n) is 2.48. The lowest BCUT2D eigenvalue weighted by Gasteiger charge is -2.04. The molecule has 0 heterocycles. The number of halogens is 1. The first-order valence-corrected chi connectivity index (χ1v) is 4.00. The number of ether oxygens (including phenoxy) is 1. The van der Waals surface area contributed by atoms with Crippen molar-refractivity contribution in [2.75, 3.05) is 6.61 Å². The van der Waals surface area contributed by atoms with Crippen LogP contribution in [0, 0.1) is 0 Å². The Balaban J connectivity index is 0.00000169. The van der Waals surface area contributed by atoms with Crippen molar-refractivity contribution in [3.63, 3.8) is 0 Å². The number of rotatable bonds is 4. The van der Waals surface area contributed by atoms with Gasteiger partial charge in [-0.05, 0) is 12.1 Å². The molecule has 1 rings (SSSR count). The Morgan fingerprint density at radius 2 is 2.00 bits per heavy atom. The highest BCUT2D eigenvalue weighted by atomic mass is 35.5. The maximum absolute atomic E-state index is 10.7. The summed E-state index contributed by atoms with van der Waals surface area (Å²) in [4.78, 5) is 10.7. The van der Waals surface area contributed by atoms with Gasteiger partial charge < -0.3 is 4.74 Å². The number of hydrogen-bond acceptors (Lipinski definition) is 3. The molecule has 0 aliphatic rings. The van der Waals surface area contributed by atoms with Crippen LogP contribution in [0.25, 0.3) is 0 Å². The van der Waals surface area contributed by atoms with E-state index < -0.39 is 0 Å². The van der Waals surface area contributed by atoms with Crippen molar-refractivity contribution >= 4 is 18.3 Å². The maximum atomic E-state index is 10.7. The van der Waals surface area contributed by atoms with Crippen molar-refractivity contribution < 1.29 is 9.53 Å². The summed E-state index contributed by atoms with van der Waals surface area (Å²) in [6.45, 7) is 0.340. The number of hydrazine groups is 1. The van der Waals surface area contributed by atoms with Gasteiger partial charge in [0.2, 0.25) is 5.91 Å². The normalized spacial score (nSPS) is 8.64. The first-order valence-electron chi connectivity index (χ1n) is 4.00. The molecular formula is C9H13ClN2O2. The van der Waals surface area contributed by atoms with Crippen molar-refractivity contribution in [3.8, 4) is 5.75 Å². The zero-order valence-electron chi connectivity index (χ0n) is 7.60. The molecule has 0 saturated heterocycles. The lowest BCUT2D eigenvalue weighted by Crippen LogP contribution is -2.31. The monoisotopic (exact) mass is 216 g/mol. The maximum Gasteiger partial charge on any atom is 0.237 e. The third-order valence-electron chi connectivity index (χ3n) is 1.50. The predicted octanol–water partition coefficient (Wildman–Crippen LogP) is 0.867. The summed E-state index contributed by atoms with van der Waals surface area (Å²) in [5, 5.41) is 0. The first kappa shape index (κ1) is 12.7. The second kappa shape index (κ2) is 7.17. The Bertz CT molecular complexity index is 267. The van der Waals surface area contributed by atoms with Gasteiger partial charge in [0.05, 0.1) is 13.0 Å². The van der Waals surface area contributed by atoms with E-state index in [1.807, 2.05) is 35.8 Å². The minimum absolute atomic E-state index is 0. The molecule has 14 heavy (non-hydrogen) atoms. The van der Waals surface area contributed by atoms with Gasteiger partial charge in [0.1, 0.15) is 5.75 Å². The summed E-state index contributed by atoms with van der Waals surface area (Å²) >= 11 is 0. The van der Waals surface area contributed by atoms with E-state index in [9.17, 15) is 4.79 Å². The van der Waals surface area contributed by atoms with Gasteiger partial charge >= 0.3 is 0 Å². The minimum Gasteiger partial charge on any atom is -0.493 e. The molecule has 0 radical (unpaired) electrons. The molecule has 1 aromatic rings. The standard InChI is InChI=1S/C9H12N2O2.ClH/c10-11-9(12)6-7-13-8-4-2-1-3-5-8;/h1-5H,6-7,10H2,(H,11,12);1H. The van der Waals surface area contributed by atoms with Crippen molar-refractivity contribution in [1.29, 1.82) is 0 Å². The summed E-state index contributed by atoms with van der Waals surface area (Å²) in [5.41, 5.74) is 2.03. The van der Waals surface area contributed by atoms with Gasteiger partial charge in [0, 0.05) is 0 Å². The van der Waals surface area contributed by atoms with Crippen LogP contribution < -0.4 is 16.0 Å². The summed E-state index contributed by atoms with van der Waals surface area (Å²) in [5.74, 6) is 5.43. The number of benzene rings is 1. The van der Waals surface area contributed by atoms with Gasteiger partial charge in [-0.15, -0.1) is 12.4 Å².